The Bertz CT molecular complexity index is 1250. The summed E-state index contributed by atoms with van der Waals surface area (Å²) in [7, 11) is 1.86. The Morgan fingerprint density at radius 3 is 2.47 bits per heavy atom. The highest BCUT2D eigenvalue weighted by Crippen LogP contribution is 2.40. The second kappa shape index (κ2) is 9.50. The zero-order chi connectivity index (χ0) is 25.3. The van der Waals surface area contributed by atoms with E-state index in [1.807, 2.05) is 43.4 Å². The van der Waals surface area contributed by atoms with Crippen LogP contribution in [0.25, 0.3) is 11.1 Å². The number of likely N-dealkylation sites (N-methyl/N-ethyl adjacent to an activating group) is 1. The molecule has 1 spiro atoms. The number of amides is 1. The van der Waals surface area contributed by atoms with Crippen molar-refractivity contribution < 1.29 is 27.4 Å². The molecular formula is C28H27F3N2O3. The van der Waals surface area contributed by atoms with Gasteiger partial charge in [-0.2, -0.15) is 0 Å². The molecule has 188 valence electrons. The normalized spacial score (nSPS) is 21.8. The van der Waals surface area contributed by atoms with E-state index in [0.717, 1.165) is 48.1 Å². The van der Waals surface area contributed by atoms with Crippen LogP contribution in [0.3, 0.4) is 0 Å². The monoisotopic (exact) mass is 496 g/mol. The molecule has 1 N–H and O–H groups in total. The minimum absolute atomic E-state index is 0.112. The number of nitrogens with one attached hydrogen (secondary N) is 1. The summed E-state index contributed by atoms with van der Waals surface area (Å²) in [6.45, 7) is 1.04. The van der Waals surface area contributed by atoms with Crippen LogP contribution in [-0.4, -0.2) is 36.3 Å². The molecule has 0 saturated carbocycles. The van der Waals surface area contributed by atoms with Crippen molar-refractivity contribution in [2.75, 3.05) is 13.6 Å². The second-order valence-electron chi connectivity index (χ2n) is 9.38. The minimum atomic E-state index is -4.73. The molecule has 2 saturated heterocycles. The number of hydrogen-bond acceptors (Lipinski definition) is 4. The van der Waals surface area contributed by atoms with Crippen molar-refractivity contribution in [2.24, 2.45) is 0 Å². The van der Waals surface area contributed by atoms with Gasteiger partial charge in [0.2, 0.25) is 5.91 Å². The summed E-state index contributed by atoms with van der Waals surface area (Å²) >= 11 is 0. The molecule has 2 atom stereocenters. The third-order valence-corrected chi connectivity index (χ3v) is 7.01. The number of halogens is 3. The van der Waals surface area contributed by atoms with E-state index in [0.29, 0.717) is 5.75 Å². The van der Waals surface area contributed by atoms with E-state index >= 15 is 0 Å². The number of carbonyl (C=O) groups is 1. The van der Waals surface area contributed by atoms with Crippen LogP contribution in [0, 0.1) is 0 Å². The van der Waals surface area contributed by atoms with Gasteiger partial charge in [0, 0.05) is 19.6 Å². The van der Waals surface area contributed by atoms with Gasteiger partial charge in [-0.3, -0.25) is 10.1 Å². The van der Waals surface area contributed by atoms with Gasteiger partial charge in [-0.25, -0.2) is 0 Å². The van der Waals surface area contributed by atoms with Gasteiger partial charge in [0.05, 0.1) is 0 Å². The Kier molecular flexibility index (Phi) is 6.38. The first-order valence-electron chi connectivity index (χ1n) is 11.9. The highest BCUT2D eigenvalue weighted by molar-refractivity contribution is 5.88. The lowest BCUT2D eigenvalue weighted by atomic mass is 9.95. The van der Waals surface area contributed by atoms with Crippen LogP contribution in [0.15, 0.2) is 72.8 Å². The maximum Gasteiger partial charge on any atom is 0.573 e. The first-order chi connectivity index (χ1) is 17.2. The molecule has 5 nitrogen and oxygen atoms in total. The number of ether oxygens (including phenoxy) is 2. The fourth-order valence-corrected chi connectivity index (χ4v) is 5.17. The highest BCUT2D eigenvalue weighted by atomic mass is 19.4. The molecule has 0 aliphatic carbocycles. The molecule has 0 aromatic heterocycles. The van der Waals surface area contributed by atoms with E-state index in [9.17, 15) is 18.0 Å². The van der Waals surface area contributed by atoms with Gasteiger partial charge in [0.1, 0.15) is 23.6 Å². The van der Waals surface area contributed by atoms with Gasteiger partial charge in [-0.05, 0) is 71.8 Å². The van der Waals surface area contributed by atoms with Crippen LogP contribution in [0.1, 0.15) is 36.4 Å². The molecule has 2 aliphatic rings. The van der Waals surface area contributed by atoms with E-state index in [4.69, 9.17) is 4.74 Å². The van der Waals surface area contributed by atoms with Gasteiger partial charge in [-0.15, -0.1) is 13.2 Å². The van der Waals surface area contributed by atoms with Crippen LogP contribution in [-0.2, 0) is 11.4 Å². The van der Waals surface area contributed by atoms with Gasteiger partial charge in [-0.1, -0.05) is 42.5 Å². The first-order valence-corrected chi connectivity index (χ1v) is 11.9. The molecule has 5 rings (SSSR count). The number of likely N-dealkylation sites (tertiary alicyclic amines) is 1. The Morgan fingerprint density at radius 1 is 1.00 bits per heavy atom. The SMILES string of the molecule is CN1CCC2(CCC(c3cccc(-c4ccccc4COc4ccc(OC(F)(F)F)cc4)c3)N2)C1=O. The lowest BCUT2D eigenvalue weighted by Gasteiger charge is -2.23. The number of nitrogens with zero attached hydrogens (tertiary/aromatic N) is 1. The summed E-state index contributed by atoms with van der Waals surface area (Å²) in [5.41, 5.74) is 3.71. The van der Waals surface area contributed by atoms with Crippen molar-refractivity contribution in [3.63, 3.8) is 0 Å². The highest BCUT2D eigenvalue weighted by Gasteiger charge is 2.50. The van der Waals surface area contributed by atoms with E-state index in [-0.39, 0.29) is 24.3 Å². The summed E-state index contributed by atoms with van der Waals surface area (Å²) in [5, 5.41) is 3.62. The maximum atomic E-state index is 12.7. The molecule has 0 radical (unpaired) electrons. The lowest BCUT2D eigenvalue weighted by molar-refractivity contribution is -0.274. The molecule has 8 heteroatoms. The molecule has 2 aliphatic heterocycles. The number of hydrogen-bond donors (Lipinski definition) is 1. The van der Waals surface area contributed by atoms with E-state index in [2.05, 4.69) is 22.2 Å². The van der Waals surface area contributed by atoms with Gasteiger partial charge < -0.3 is 14.4 Å². The summed E-state index contributed by atoms with van der Waals surface area (Å²) < 4.78 is 46.9. The largest absolute Gasteiger partial charge is 0.573 e. The molecule has 0 bridgehead atoms. The number of alkyl halides is 3. The van der Waals surface area contributed by atoms with Crippen molar-refractivity contribution in [1.82, 2.24) is 10.2 Å². The summed E-state index contributed by atoms with van der Waals surface area (Å²) in [5.74, 6) is 0.335. The summed E-state index contributed by atoms with van der Waals surface area (Å²) in [6.07, 6.45) is -2.15. The molecule has 3 aromatic rings. The van der Waals surface area contributed by atoms with Gasteiger partial charge in [0.25, 0.3) is 0 Å². The van der Waals surface area contributed by atoms with Crippen molar-refractivity contribution in [1.29, 1.82) is 0 Å². The standard InChI is InChI=1S/C28H27F3N2O3/c1-33-16-15-27(26(33)34)14-13-25(32-27)20-7-4-6-19(17-20)24-8-3-2-5-21(24)18-35-22-9-11-23(12-10-22)36-28(29,30)31/h2-12,17,25,32H,13-16,18H2,1H3. The molecule has 36 heavy (non-hydrogen) atoms. The fourth-order valence-electron chi connectivity index (χ4n) is 5.17. The Morgan fingerprint density at radius 2 is 1.75 bits per heavy atom. The Hall–Kier alpha value is -3.52. The maximum absolute atomic E-state index is 12.7. The van der Waals surface area contributed by atoms with Crippen molar-refractivity contribution in [3.8, 4) is 22.6 Å². The van der Waals surface area contributed by atoms with Crippen LogP contribution in [0.5, 0.6) is 11.5 Å². The first kappa shape index (κ1) is 24.2. The minimum Gasteiger partial charge on any atom is -0.489 e. The molecule has 1 amide bonds. The van der Waals surface area contributed by atoms with E-state index < -0.39 is 11.9 Å². The number of rotatable bonds is 6. The van der Waals surface area contributed by atoms with Crippen molar-refractivity contribution in [2.45, 2.75) is 43.8 Å². The topological polar surface area (TPSA) is 50.8 Å². The van der Waals surface area contributed by atoms with E-state index in [1.165, 1.54) is 24.3 Å². The molecule has 2 unspecified atom stereocenters. The number of benzene rings is 3. The predicted octanol–water partition coefficient (Wildman–Crippen LogP) is 5.86. The third kappa shape index (κ3) is 5.04. The summed E-state index contributed by atoms with van der Waals surface area (Å²) in [4.78, 5) is 14.5. The lowest BCUT2D eigenvalue weighted by Crippen LogP contribution is -2.47. The molecular weight excluding hydrogens is 469 g/mol. The predicted molar refractivity (Wildman–Crippen MR) is 129 cm³/mol. The molecule has 2 heterocycles. The zero-order valence-corrected chi connectivity index (χ0v) is 19.8. The average Bonchev–Trinajstić information content (AvgIpc) is 3.42. The number of carbonyl (C=O) groups excluding carboxylic acids is 1. The fraction of sp³-hybridized carbons (Fsp3) is 0.321. The Balaban J connectivity index is 1.30. The Labute approximate surface area is 207 Å². The smallest absolute Gasteiger partial charge is 0.489 e. The van der Waals surface area contributed by atoms with Crippen molar-refractivity contribution >= 4 is 5.91 Å². The molecule has 3 aromatic carbocycles. The van der Waals surface area contributed by atoms with Crippen molar-refractivity contribution in [3.05, 3.63) is 83.9 Å². The van der Waals surface area contributed by atoms with Crippen LogP contribution in [0.2, 0.25) is 0 Å². The van der Waals surface area contributed by atoms with Crippen LogP contribution >= 0.6 is 0 Å². The van der Waals surface area contributed by atoms with Crippen LogP contribution in [0.4, 0.5) is 13.2 Å². The van der Waals surface area contributed by atoms with Gasteiger partial charge >= 0.3 is 6.36 Å². The van der Waals surface area contributed by atoms with E-state index in [1.54, 1.807) is 4.90 Å². The zero-order valence-electron chi connectivity index (χ0n) is 19.8. The molecule has 2 fully saturated rings. The van der Waals surface area contributed by atoms with Gasteiger partial charge in [0.15, 0.2) is 0 Å². The second-order valence-corrected chi connectivity index (χ2v) is 9.38. The third-order valence-electron chi connectivity index (χ3n) is 7.01. The quantitative estimate of drug-likeness (QED) is 0.465. The average molecular weight is 497 g/mol. The van der Waals surface area contributed by atoms with Crippen LogP contribution < -0.4 is 14.8 Å². The summed E-state index contributed by atoms with van der Waals surface area (Å²) in [6, 6.07) is 21.7.